The van der Waals surface area contributed by atoms with E-state index in [0.717, 1.165) is 0 Å². The highest BCUT2D eigenvalue weighted by Crippen LogP contribution is 2.21. The fourth-order valence-electron chi connectivity index (χ4n) is 1.29. The molecule has 2 N–H and O–H groups in total. The number of alkyl halides is 1. The van der Waals surface area contributed by atoms with Crippen LogP contribution in [0.3, 0.4) is 0 Å². The molecule has 1 amide bonds. The fraction of sp³-hybridized carbons (Fsp3) is 0.400. The molecule has 96 valence electrons. The van der Waals surface area contributed by atoms with Crippen molar-refractivity contribution in [2.75, 3.05) is 12.3 Å². The van der Waals surface area contributed by atoms with Gasteiger partial charge in [0.05, 0.1) is 12.1 Å². The topological polar surface area (TPSA) is 83.6 Å². The van der Waals surface area contributed by atoms with Crippen LogP contribution in [-0.2, 0) is 4.79 Å². The molecule has 0 aliphatic heterocycles. The normalized spacial score (nSPS) is 12.6. The lowest BCUT2D eigenvalue weighted by Gasteiger charge is -2.05. The van der Waals surface area contributed by atoms with Crippen LogP contribution < -0.4 is 5.32 Å². The van der Waals surface area contributed by atoms with Gasteiger partial charge in [-0.25, -0.2) is 19.3 Å². The number of rotatable bonds is 5. The van der Waals surface area contributed by atoms with Crippen LogP contribution in [0.25, 0.3) is 11.2 Å². The first-order valence-corrected chi connectivity index (χ1v) is 6.33. The molecule has 0 spiro atoms. The summed E-state index contributed by atoms with van der Waals surface area (Å²) < 4.78 is 12.5. The van der Waals surface area contributed by atoms with E-state index < -0.39 is 6.17 Å². The molecule has 0 aromatic carbocycles. The molecule has 0 radical (unpaired) electrons. The van der Waals surface area contributed by atoms with E-state index >= 15 is 0 Å². The first-order valence-electron chi connectivity index (χ1n) is 5.34. The van der Waals surface area contributed by atoms with Crippen LogP contribution in [0.5, 0.6) is 0 Å². The minimum Gasteiger partial charge on any atom is -0.352 e. The Morgan fingerprint density at radius 1 is 1.56 bits per heavy atom. The zero-order valence-electron chi connectivity index (χ0n) is 9.68. The Kier molecular flexibility index (Phi) is 4.08. The number of fused-ring (bicyclic) bond motifs is 1. The molecule has 0 fully saturated rings. The Balaban J connectivity index is 1.94. The van der Waals surface area contributed by atoms with E-state index in [9.17, 15) is 9.18 Å². The van der Waals surface area contributed by atoms with Gasteiger partial charge < -0.3 is 10.3 Å². The van der Waals surface area contributed by atoms with E-state index in [4.69, 9.17) is 0 Å². The van der Waals surface area contributed by atoms with Crippen molar-refractivity contribution in [3.05, 3.63) is 12.7 Å². The predicted molar refractivity (Wildman–Crippen MR) is 66.0 cm³/mol. The van der Waals surface area contributed by atoms with Crippen molar-refractivity contribution in [1.82, 2.24) is 25.3 Å². The van der Waals surface area contributed by atoms with E-state index in [1.807, 2.05) is 0 Å². The fourth-order valence-corrected chi connectivity index (χ4v) is 2.08. The van der Waals surface area contributed by atoms with E-state index in [2.05, 4.69) is 25.3 Å². The number of aromatic amines is 1. The van der Waals surface area contributed by atoms with Crippen LogP contribution >= 0.6 is 11.8 Å². The molecule has 2 aromatic rings. The highest BCUT2D eigenvalue weighted by Gasteiger charge is 2.09. The van der Waals surface area contributed by atoms with Gasteiger partial charge in [0.25, 0.3) is 0 Å². The van der Waals surface area contributed by atoms with E-state index in [1.54, 1.807) is 0 Å². The molecule has 0 saturated carbocycles. The van der Waals surface area contributed by atoms with Crippen molar-refractivity contribution >= 4 is 28.8 Å². The van der Waals surface area contributed by atoms with Gasteiger partial charge in [-0.15, -0.1) is 0 Å². The smallest absolute Gasteiger partial charge is 0.230 e. The van der Waals surface area contributed by atoms with E-state index in [1.165, 1.54) is 31.3 Å². The molecule has 1 unspecified atom stereocenters. The number of nitrogens with zero attached hydrogens (tertiary/aromatic N) is 3. The zero-order valence-corrected chi connectivity index (χ0v) is 10.5. The molecule has 0 aliphatic rings. The average molecular weight is 269 g/mol. The van der Waals surface area contributed by atoms with Crippen LogP contribution in [0.1, 0.15) is 6.92 Å². The molecule has 8 heteroatoms. The SMILES string of the molecule is CC(F)CNC(=O)CSc1ncnc2nc[nH]c12. The molecule has 1 atom stereocenters. The lowest BCUT2D eigenvalue weighted by molar-refractivity contribution is -0.118. The van der Waals surface area contributed by atoms with Gasteiger partial charge in [0.15, 0.2) is 5.65 Å². The second-order valence-corrected chi connectivity index (χ2v) is 4.62. The Labute approximate surface area is 107 Å². The Hall–Kier alpha value is -1.70. The highest BCUT2D eigenvalue weighted by molar-refractivity contribution is 8.00. The first kappa shape index (κ1) is 12.7. The third-order valence-corrected chi connectivity index (χ3v) is 3.10. The van der Waals surface area contributed by atoms with Crippen molar-refractivity contribution in [3.8, 4) is 0 Å². The molecule has 6 nitrogen and oxygen atoms in total. The van der Waals surface area contributed by atoms with Crippen molar-refractivity contribution < 1.29 is 9.18 Å². The van der Waals surface area contributed by atoms with Crippen molar-refractivity contribution in [2.45, 2.75) is 18.1 Å². The maximum atomic E-state index is 12.5. The number of carbonyl (C=O) groups is 1. The quantitative estimate of drug-likeness (QED) is 0.623. The number of halogens is 1. The molecule has 2 rings (SSSR count). The van der Waals surface area contributed by atoms with Gasteiger partial charge in [0, 0.05) is 6.54 Å². The Bertz CT molecular complexity index is 544. The van der Waals surface area contributed by atoms with Gasteiger partial charge in [-0.05, 0) is 6.92 Å². The predicted octanol–water partition coefficient (Wildman–Crippen LogP) is 0.919. The molecule has 2 aromatic heterocycles. The largest absolute Gasteiger partial charge is 0.352 e. The second kappa shape index (κ2) is 5.76. The molecule has 0 saturated heterocycles. The van der Waals surface area contributed by atoms with E-state index in [0.29, 0.717) is 16.2 Å². The van der Waals surface area contributed by atoms with Gasteiger partial charge in [-0.3, -0.25) is 4.79 Å². The summed E-state index contributed by atoms with van der Waals surface area (Å²) in [5.41, 5.74) is 1.26. The number of imidazole rings is 1. The monoisotopic (exact) mass is 269 g/mol. The second-order valence-electron chi connectivity index (χ2n) is 3.65. The van der Waals surface area contributed by atoms with E-state index in [-0.39, 0.29) is 18.2 Å². The number of thioether (sulfide) groups is 1. The number of amides is 1. The number of hydrogen-bond acceptors (Lipinski definition) is 5. The third kappa shape index (κ3) is 3.16. The summed E-state index contributed by atoms with van der Waals surface area (Å²) in [7, 11) is 0. The Morgan fingerprint density at radius 3 is 3.17 bits per heavy atom. The number of aromatic nitrogens is 4. The molecule has 0 aliphatic carbocycles. The van der Waals surface area contributed by atoms with Crippen molar-refractivity contribution in [3.63, 3.8) is 0 Å². The van der Waals surface area contributed by atoms with Gasteiger partial charge in [0.2, 0.25) is 5.91 Å². The first-order chi connectivity index (χ1) is 8.66. The maximum absolute atomic E-state index is 12.5. The maximum Gasteiger partial charge on any atom is 0.230 e. The summed E-state index contributed by atoms with van der Waals surface area (Å²) in [6, 6.07) is 0. The number of nitrogens with one attached hydrogen (secondary N) is 2. The summed E-state index contributed by atoms with van der Waals surface area (Å²) in [5, 5.41) is 3.14. The van der Waals surface area contributed by atoms with Crippen LogP contribution in [-0.4, -0.2) is 44.3 Å². The molecular formula is C10H12FN5OS. The minimum atomic E-state index is -1.04. The van der Waals surface area contributed by atoms with Gasteiger partial charge in [0.1, 0.15) is 23.0 Å². The minimum absolute atomic E-state index is 0.0304. The average Bonchev–Trinajstić information content (AvgIpc) is 2.82. The number of hydrogen-bond donors (Lipinski definition) is 2. The van der Waals surface area contributed by atoms with Crippen molar-refractivity contribution in [1.29, 1.82) is 0 Å². The summed E-state index contributed by atoms with van der Waals surface area (Å²) in [6.07, 6.45) is 1.87. The lowest BCUT2D eigenvalue weighted by Crippen LogP contribution is -2.30. The summed E-state index contributed by atoms with van der Waals surface area (Å²) in [4.78, 5) is 26.4. The van der Waals surface area contributed by atoms with Gasteiger partial charge in [-0.2, -0.15) is 0 Å². The zero-order chi connectivity index (χ0) is 13.0. The van der Waals surface area contributed by atoms with Gasteiger partial charge >= 0.3 is 0 Å². The van der Waals surface area contributed by atoms with Gasteiger partial charge in [-0.1, -0.05) is 11.8 Å². The van der Waals surface area contributed by atoms with Crippen molar-refractivity contribution in [2.24, 2.45) is 0 Å². The standard InChI is InChI=1S/C10H12FN5OS/c1-6(11)2-12-7(17)3-18-10-8-9(14-4-13-8)15-5-16-10/h4-6H,2-3H2,1H3,(H,12,17)(H,13,14,15,16). The molecule has 0 bridgehead atoms. The number of carbonyl (C=O) groups excluding carboxylic acids is 1. The molecular weight excluding hydrogens is 257 g/mol. The lowest BCUT2D eigenvalue weighted by atomic mass is 10.4. The molecule has 18 heavy (non-hydrogen) atoms. The summed E-state index contributed by atoms with van der Waals surface area (Å²) >= 11 is 1.26. The summed E-state index contributed by atoms with van der Waals surface area (Å²) in [6.45, 7) is 1.43. The van der Waals surface area contributed by atoms with Crippen LogP contribution in [0.4, 0.5) is 4.39 Å². The van der Waals surface area contributed by atoms with Crippen LogP contribution in [0, 0.1) is 0 Å². The number of H-pyrrole nitrogens is 1. The summed E-state index contributed by atoms with van der Waals surface area (Å²) in [5.74, 6) is -0.0477. The Morgan fingerprint density at radius 2 is 2.39 bits per heavy atom. The highest BCUT2D eigenvalue weighted by atomic mass is 32.2. The van der Waals surface area contributed by atoms with Crippen LogP contribution in [0.2, 0.25) is 0 Å². The van der Waals surface area contributed by atoms with Crippen LogP contribution in [0.15, 0.2) is 17.7 Å². The third-order valence-electron chi connectivity index (χ3n) is 2.11. The molecule has 2 heterocycles.